The Labute approximate surface area is 830 Å². The SMILES string of the molecule is CC(C)(C)C(NC(=O)c1cc(C2CC2)on1)C1CCCNC1.CCOC(=O)C1(CNC(=O)c2cc(C3CC3)on2)CCN(C(=O)[C@H](C)N)CC1.CCc1ccc(NC(=O)c2cc(C3CC3)on2)cc1C.C[C@H](N)C(=O)N1CCC(C)(CCC(=O)c2cc(C3CC3)on2)CC1.C[C@H](N)C(=O)N1CCC(O)(CCC(=O)c2cc(C3CC3)on2)CC1.O=C(NC(c1ccccc1)C1CCCNC1)c1cc(C2CC2)on1. The number of ether oxygens (including phenoxy) is 1. The van der Waals surface area contributed by atoms with Gasteiger partial charge in [-0.05, 0) is 266 Å². The molecule has 0 radical (unpaired) electrons. The Morgan fingerprint density at radius 2 is 0.859 bits per heavy atom. The molecule has 5 aliphatic heterocycles. The summed E-state index contributed by atoms with van der Waals surface area (Å²) in [5.41, 5.74) is 21.9. The molecular weight excluding hydrogens is 1810 g/mol. The quantitative estimate of drug-likeness (QED) is 0.0138. The number of likely N-dealkylation sites (tertiary alicyclic amines) is 3. The number of carbonyl (C=O) groups excluding carboxylic acids is 10. The maximum Gasteiger partial charge on any atom is 0.313 e. The number of amides is 7. The fourth-order valence-electron chi connectivity index (χ4n) is 19.1. The van der Waals surface area contributed by atoms with Gasteiger partial charge in [-0.1, -0.05) is 102 Å². The van der Waals surface area contributed by atoms with E-state index in [1.165, 1.54) is 17.5 Å². The van der Waals surface area contributed by atoms with Crippen molar-refractivity contribution in [3.8, 4) is 0 Å². The van der Waals surface area contributed by atoms with E-state index in [0.717, 1.165) is 207 Å². The number of nitrogens with zero attached hydrogens (tertiary/aromatic N) is 9. The lowest BCUT2D eigenvalue weighted by Crippen LogP contribution is -2.54. The van der Waals surface area contributed by atoms with Gasteiger partial charge in [0.25, 0.3) is 23.6 Å². The van der Waals surface area contributed by atoms with Crippen molar-refractivity contribution >= 4 is 64.6 Å². The topological polar surface area (TPSA) is 516 Å². The molecule has 6 aromatic heterocycles. The number of hydrogen-bond donors (Lipinski definition) is 10. The lowest BCUT2D eigenvalue weighted by molar-refractivity contribution is -0.160. The number of nitrogens with two attached hydrogens (primary N) is 3. The summed E-state index contributed by atoms with van der Waals surface area (Å²) in [4.78, 5) is 128. The molecule has 0 bridgehead atoms. The van der Waals surface area contributed by atoms with Crippen LogP contribution in [0.2, 0.25) is 0 Å². The first-order valence-corrected chi connectivity index (χ1v) is 51.7. The summed E-state index contributed by atoms with van der Waals surface area (Å²) in [7, 11) is 0. The van der Waals surface area contributed by atoms with Crippen LogP contribution in [-0.4, -0.2) is 218 Å². The molecule has 11 fully saturated rings. The van der Waals surface area contributed by atoms with Gasteiger partial charge >= 0.3 is 5.97 Å². The predicted molar refractivity (Wildman–Crippen MR) is 528 cm³/mol. The molecule has 6 saturated carbocycles. The molecule has 13 N–H and O–H groups in total. The average molecular weight is 1960 g/mol. The molecule has 11 heterocycles. The number of esters is 1. The van der Waals surface area contributed by atoms with Gasteiger partial charge in [-0.15, -0.1) is 0 Å². The zero-order valence-electron chi connectivity index (χ0n) is 84.3. The van der Waals surface area contributed by atoms with Crippen LogP contribution in [0.5, 0.6) is 0 Å². The summed E-state index contributed by atoms with van der Waals surface area (Å²) < 4.78 is 36.8. The molecule has 36 nitrogen and oxygen atoms in total. The van der Waals surface area contributed by atoms with E-state index in [9.17, 15) is 53.1 Å². The molecule has 2 aromatic carbocycles. The van der Waals surface area contributed by atoms with Crippen LogP contribution >= 0.6 is 0 Å². The van der Waals surface area contributed by atoms with Crippen molar-refractivity contribution in [1.82, 2.24) is 72.2 Å². The Balaban J connectivity index is 0.000000136. The highest BCUT2D eigenvalue weighted by Gasteiger charge is 2.46. The van der Waals surface area contributed by atoms with Crippen molar-refractivity contribution in [2.24, 2.45) is 45.3 Å². The number of benzene rings is 2. The Hall–Kier alpha value is -11.4. The van der Waals surface area contributed by atoms with E-state index in [0.29, 0.717) is 141 Å². The van der Waals surface area contributed by atoms with Crippen molar-refractivity contribution in [3.05, 3.63) is 170 Å². The molecule has 4 unspecified atom stereocenters. The molecule has 19 rings (SSSR count). The highest BCUT2D eigenvalue weighted by molar-refractivity contribution is 6.03. The van der Waals surface area contributed by atoms with E-state index in [-0.39, 0.29) is 107 Å². The standard InChI is InChI=1S/C19H28N4O5.C19H23N3O2.C18H27N3O3.C17H25N3O4.C17H27N3O2.C16H18N2O2/c1-3-27-18(26)19(6-8-23(9-7-19)17(25)12(2)20)11-21-16(24)14-10-15(28-22-14)13-4-5-13;23-19(16-11-17(24-22-16)13-8-9-13)21-18(14-5-2-1-3-6-14)15-7-4-10-20-12-15;1-12(19)17(23)21-9-7-18(2,8-10-21)6-5-15(22)14-11-16(24-20-14)13-3-4-13;1-11(18)16(22)20-8-6-17(23,7-9-20)5-4-14(21)13-10-15(24-19-13)12-2-3-12;1-17(2,3)15(12-5-4-8-18-10-12)19-16(21)13-9-14(22-20-13)11-6-7-11;1-3-11-6-7-13(8-10(11)2)17-16(19)14-9-15(20-18-14)12-4-5-12/h10,12-13H,3-9,11,20H2,1-2H3,(H,21,24);1-3,5-6,11,13,15,18,20H,4,7-10,12H2,(H,21,23);11-13H,3-10,19H2,1-2H3;10-12,23H,2-9,18H2,1H3;9,11-12,15,18H,4-8,10H2,1-3H3,(H,19,21);6-9,12H,3-5H2,1-2H3,(H,17,19)/t12-;;12-;11-;;/m0.00../s1. The molecule has 7 amide bonds. The third-order valence-corrected chi connectivity index (χ3v) is 29.4. The molecule has 36 heteroatoms. The highest BCUT2D eigenvalue weighted by atomic mass is 16.5. The van der Waals surface area contributed by atoms with Gasteiger partial charge in [0.1, 0.15) is 45.9 Å². The fraction of sp³-hybridized carbons (Fsp3) is 0.623. The Kier molecular flexibility index (Phi) is 36.2. The largest absolute Gasteiger partial charge is 0.466 e. The first-order valence-electron chi connectivity index (χ1n) is 51.7. The summed E-state index contributed by atoms with van der Waals surface area (Å²) in [6.45, 7) is 27.3. The normalized spacial score (nSPS) is 20.6. The van der Waals surface area contributed by atoms with E-state index in [1.54, 1.807) is 61.8 Å². The number of aliphatic hydroxyl groups is 1. The van der Waals surface area contributed by atoms with Gasteiger partial charge in [0.2, 0.25) is 17.7 Å². The number of Topliss-reactive ketones (excluding diaryl/α,β-unsaturated/α-hetero) is 2. The van der Waals surface area contributed by atoms with Gasteiger partial charge in [0.05, 0.1) is 41.8 Å². The number of aryl methyl sites for hydroxylation is 2. The maximum absolute atomic E-state index is 12.7. The second-order valence-corrected chi connectivity index (χ2v) is 42.6. The third kappa shape index (κ3) is 29.9. The molecule has 6 aliphatic carbocycles. The number of piperidine rings is 5. The average Bonchev–Trinajstić information content (AvgIpc) is 1.77. The third-order valence-electron chi connectivity index (χ3n) is 29.4. The molecule has 8 aromatic rings. The van der Waals surface area contributed by atoms with Crippen LogP contribution in [0.3, 0.4) is 0 Å². The summed E-state index contributed by atoms with van der Waals surface area (Å²) in [6.07, 6.45) is 24.4. The molecule has 11 aliphatic rings. The number of anilines is 1. The summed E-state index contributed by atoms with van der Waals surface area (Å²) >= 11 is 0. The number of ketones is 2. The van der Waals surface area contributed by atoms with Crippen molar-refractivity contribution in [3.63, 3.8) is 0 Å². The van der Waals surface area contributed by atoms with Crippen LogP contribution in [0.4, 0.5) is 5.69 Å². The molecule has 5 saturated heterocycles. The van der Waals surface area contributed by atoms with Crippen molar-refractivity contribution in [1.29, 1.82) is 0 Å². The van der Waals surface area contributed by atoms with Crippen LogP contribution in [0.1, 0.15) is 385 Å². The van der Waals surface area contributed by atoms with Gasteiger partial charge in [-0.25, -0.2) is 0 Å². The summed E-state index contributed by atoms with van der Waals surface area (Å²) in [6, 6.07) is 25.3. The monoisotopic (exact) mass is 1960 g/mol. The molecule has 0 spiro atoms. The van der Waals surface area contributed by atoms with Gasteiger partial charge in [-0.2, -0.15) is 0 Å². The minimum atomic E-state index is -0.909. The molecular formula is C106H148N18O18. The fourth-order valence-corrected chi connectivity index (χ4v) is 19.1. The first-order chi connectivity index (χ1) is 68.0. The van der Waals surface area contributed by atoms with E-state index in [1.807, 2.05) is 53.4 Å². The smallest absolute Gasteiger partial charge is 0.313 e. The molecule has 770 valence electrons. The van der Waals surface area contributed by atoms with E-state index in [2.05, 4.69) is 117 Å². The van der Waals surface area contributed by atoms with Crippen molar-refractivity contribution < 1.29 is 84.9 Å². The Morgan fingerprint density at radius 1 is 0.479 bits per heavy atom. The van der Waals surface area contributed by atoms with Gasteiger partial charge < -0.3 is 101 Å². The second-order valence-electron chi connectivity index (χ2n) is 42.6. The molecule has 142 heavy (non-hydrogen) atoms. The number of aromatic nitrogens is 6. The van der Waals surface area contributed by atoms with Crippen LogP contribution in [-0.2, 0) is 30.3 Å². The minimum Gasteiger partial charge on any atom is -0.466 e. The van der Waals surface area contributed by atoms with Crippen LogP contribution in [0.25, 0.3) is 0 Å². The van der Waals surface area contributed by atoms with E-state index < -0.39 is 29.1 Å². The summed E-state index contributed by atoms with van der Waals surface area (Å²) in [5, 5.41) is 53.0. The van der Waals surface area contributed by atoms with Crippen LogP contribution in [0.15, 0.2) is 112 Å². The lowest BCUT2D eigenvalue weighted by Gasteiger charge is -2.40. The number of carbonyl (C=O) groups is 10. The maximum atomic E-state index is 12.7. The second kappa shape index (κ2) is 48.3. The zero-order chi connectivity index (χ0) is 101. The zero-order valence-corrected chi connectivity index (χ0v) is 84.3. The highest BCUT2D eigenvalue weighted by Crippen LogP contribution is 2.46. The minimum absolute atomic E-state index is 0.00688. The molecule has 7 atom stereocenters. The van der Waals surface area contributed by atoms with E-state index in [4.69, 9.17) is 49.1 Å². The van der Waals surface area contributed by atoms with Crippen molar-refractivity contribution in [2.45, 2.75) is 314 Å². The lowest BCUT2D eigenvalue weighted by atomic mass is 9.76. The summed E-state index contributed by atoms with van der Waals surface area (Å²) in [5.74, 6) is 6.96. The van der Waals surface area contributed by atoms with E-state index >= 15 is 0 Å². The number of rotatable bonds is 32. The number of hydrogen-bond acceptors (Lipinski definition) is 29. The van der Waals surface area contributed by atoms with Crippen LogP contribution in [0, 0.1) is 35.0 Å². The van der Waals surface area contributed by atoms with Gasteiger partial charge in [-0.3, -0.25) is 47.9 Å². The predicted octanol–water partition coefficient (Wildman–Crippen LogP) is 13.9. The first kappa shape index (κ1) is 106. The van der Waals surface area contributed by atoms with Gasteiger partial charge in [0, 0.05) is 149 Å². The van der Waals surface area contributed by atoms with Gasteiger partial charge in [0.15, 0.2) is 34.3 Å². The van der Waals surface area contributed by atoms with Crippen molar-refractivity contribution in [2.75, 3.05) is 83.9 Å². The number of nitrogens with one attached hydrogen (secondary N) is 6. The Morgan fingerprint density at radius 3 is 1.25 bits per heavy atom. The Bertz CT molecular complexity index is 5440. The van der Waals surface area contributed by atoms with Crippen LogP contribution < -0.4 is 49.1 Å².